The van der Waals surface area contributed by atoms with Crippen molar-refractivity contribution in [1.82, 2.24) is 19.7 Å². The lowest BCUT2D eigenvalue weighted by atomic mass is 10.1. The minimum atomic E-state index is -0.210. The van der Waals surface area contributed by atoms with E-state index in [1.807, 2.05) is 51.2 Å². The molecule has 0 atom stereocenters. The van der Waals surface area contributed by atoms with Gasteiger partial charge in [0.25, 0.3) is 5.91 Å². The van der Waals surface area contributed by atoms with Crippen molar-refractivity contribution < 1.29 is 14.3 Å². The first-order valence-electron chi connectivity index (χ1n) is 11.2. The van der Waals surface area contributed by atoms with Crippen molar-refractivity contribution in [3.63, 3.8) is 0 Å². The fourth-order valence-electron chi connectivity index (χ4n) is 3.85. The number of ether oxygens (including phenoxy) is 2. The molecule has 0 radical (unpaired) electrons. The lowest BCUT2D eigenvalue weighted by molar-refractivity contribution is 0.102. The van der Waals surface area contributed by atoms with E-state index < -0.39 is 0 Å². The third-order valence-electron chi connectivity index (χ3n) is 5.77. The fourth-order valence-corrected chi connectivity index (χ4v) is 3.85. The number of anilines is 2. The zero-order chi connectivity index (χ0) is 23.7. The SMILES string of the molecule is Cc1cccc(NC(=O)c2ccc(C)c(Oc3nc(N4CCOCC4)nc4c3cnn4C)c2)c1. The summed E-state index contributed by atoms with van der Waals surface area (Å²) in [6, 6.07) is 13.1. The van der Waals surface area contributed by atoms with Gasteiger partial charge in [0.2, 0.25) is 11.8 Å². The molecule has 1 fully saturated rings. The normalized spacial score (nSPS) is 13.8. The Morgan fingerprint density at radius 3 is 2.71 bits per heavy atom. The number of aromatic nitrogens is 4. The van der Waals surface area contributed by atoms with Crippen molar-refractivity contribution in [1.29, 1.82) is 0 Å². The summed E-state index contributed by atoms with van der Waals surface area (Å²) in [6.07, 6.45) is 1.69. The van der Waals surface area contributed by atoms with Crippen LogP contribution in [0.25, 0.3) is 11.0 Å². The molecule has 0 aliphatic carbocycles. The second-order valence-electron chi connectivity index (χ2n) is 8.34. The number of carbonyl (C=O) groups excluding carboxylic acids is 1. The van der Waals surface area contributed by atoms with E-state index >= 15 is 0 Å². The van der Waals surface area contributed by atoms with Gasteiger partial charge in [-0.3, -0.25) is 9.48 Å². The molecule has 34 heavy (non-hydrogen) atoms. The summed E-state index contributed by atoms with van der Waals surface area (Å²) in [5.74, 6) is 1.31. The molecule has 1 N–H and O–H groups in total. The number of benzene rings is 2. The van der Waals surface area contributed by atoms with Crippen LogP contribution in [0.1, 0.15) is 21.5 Å². The fraction of sp³-hybridized carbons (Fsp3) is 0.280. The number of rotatable bonds is 5. The maximum absolute atomic E-state index is 12.9. The van der Waals surface area contributed by atoms with Gasteiger partial charge >= 0.3 is 0 Å². The minimum absolute atomic E-state index is 0.210. The topological polar surface area (TPSA) is 94.4 Å². The molecular weight excluding hydrogens is 432 g/mol. The molecule has 0 saturated carbocycles. The highest BCUT2D eigenvalue weighted by molar-refractivity contribution is 6.04. The second kappa shape index (κ2) is 9.11. The number of nitrogens with one attached hydrogen (secondary N) is 1. The van der Waals surface area contributed by atoms with Crippen LogP contribution in [0.2, 0.25) is 0 Å². The van der Waals surface area contributed by atoms with Gasteiger partial charge in [-0.25, -0.2) is 0 Å². The molecule has 1 saturated heterocycles. The highest BCUT2D eigenvalue weighted by Gasteiger charge is 2.20. The largest absolute Gasteiger partial charge is 0.438 e. The van der Waals surface area contributed by atoms with E-state index in [9.17, 15) is 4.79 Å². The Hall–Kier alpha value is -3.98. The summed E-state index contributed by atoms with van der Waals surface area (Å²) in [5, 5.41) is 7.98. The molecule has 2 aromatic heterocycles. The van der Waals surface area contributed by atoms with Crippen molar-refractivity contribution in [2.45, 2.75) is 13.8 Å². The number of carbonyl (C=O) groups is 1. The molecule has 9 nitrogen and oxygen atoms in total. The van der Waals surface area contributed by atoms with Crippen LogP contribution in [0.3, 0.4) is 0 Å². The predicted octanol–water partition coefficient (Wildman–Crippen LogP) is 3.86. The third-order valence-corrected chi connectivity index (χ3v) is 5.77. The highest BCUT2D eigenvalue weighted by atomic mass is 16.5. The molecule has 9 heteroatoms. The minimum Gasteiger partial charge on any atom is -0.438 e. The number of hydrogen-bond acceptors (Lipinski definition) is 7. The summed E-state index contributed by atoms with van der Waals surface area (Å²) < 4.78 is 13.4. The van der Waals surface area contributed by atoms with Crippen LogP contribution in [0, 0.1) is 13.8 Å². The summed E-state index contributed by atoms with van der Waals surface area (Å²) in [6.45, 7) is 6.58. The number of aryl methyl sites for hydroxylation is 3. The molecule has 0 unspecified atom stereocenters. The molecule has 1 aliphatic rings. The molecule has 4 aromatic rings. The van der Waals surface area contributed by atoms with Crippen LogP contribution in [0.5, 0.6) is 11.6 Å². The van der Waals surface area contributed by atoms with Gasteiger partial charge in [0.15, 0.2) is 5.65 Å². The van der Waals surface area contributed by atoms with E-state index in [0.29, 0.717) is 60.5 Å². The van der Waals surface area contributed by atoms with Gasteiger partial charge < -0.3 is 19.7 Å². The van der Waals surface area contributed by atoms with Crippen molar-refractivity contribution in [3.05, 3.63) is 65.4 Å². The van der Waals surface area contributed by atoms with Gasteiger partial charge in [-0.1, -0.05) is 18.2 Å². The Kier molecular flexibility index (Phi) is 5.85. The molecule has 1 amide bonds. The van der Waals surface area contributed by atoms with Crippen LogP contribution in [-0.4, -0.2) is 52.0 Å². The Morgan fingerprint density at radius 1 is 1.09 bits per heavy atom. The molecule has 1 aliphatic heterocycles. The van der Waals surface area contributed by atoms with E-state index in [1.165, 1.54) is 0 Å². The molecule has 5 rings (SSSR count). The zero-order valence-electron chi connectivity index (χ0n) is 19.4. The van der Waals surface area contributed by atoms with Crippen LogP contribution in [0.4, 0.5) is 11.6 Å². The molecule has 0 bridgehead atoms. The van der Waals surface area contributed by atoms with Gasteiger partial charge in [-0.05, 0) is 49.2 Å². The van der Waals surface area contributed by atoms with Crippen LogP contribution in [-0.2, 0) is 11.8 Å². The number of nitrogens with zero attached hydrogens (tertiary/aromatic N) is 5. The average molecular weight is 459 g/mol. The molecule has 3 heterocycles. The van der Waals surface area contributed by atoms with Crippen LogP contribution >= 0.6 is 0 Å². The summed E-state index contributed by atoms with van der Waals surface area (Å²) in [4.78, 5) is 24.4. The Labute approximate surface area is 197 Å². The number of morpholine rings is 1. The highest BCUT2D eigenvalue weighted by Crippen LogP contribution is 2.32. The zero-order valence-corrected chi connectivity index (χ0v) is 19.4. The summed E-state index contributed by atoms with van der Waals surface area (Å²) >= 11 is 0. The van der Waals surface area contributed by atoms with Crippen molar-refractivity contribution in [2.75, 3.05) is 36.5 Å². The summed E-state index contributed by atoms with van der Waals surface area (Å²) in [5.41, 5.74) is 3.88. The van der Waals surface area contributed by atoms with E-state index in [2.05, 4.69) is 15.3 Å². The van der Waals surface area contributed by atoms with E-state index in [4.69, 9.17) is 19.4 Å². The Morgan fingerprint density at radius 2 is 1.91 bits per heavy atom. The van der Waals surface area contributed by atoms with Gasteiger partial charge in [-0.2, -0.15) is 15.1 Å². The average Bonchev–Trinajstić information content (AvgIpc) is 3.22. The number of amides is 1. The van der Waals surface area contributed by atoms with Crippen LogP contribution < -0.4 is 15.0 Å². The first-order valence-corrected chi connectivity index (χ1v) is 11.2. The maximum Gasteiger partial charge on any atom is 0.255 e. The van der Waals surface area contributed by atoms with Gasteiger partial charge in [0.05, 0.1) is 19.4 Å². The van der Waals surface area contributed by atoms with Gasteiger partial charge in [0, 0.05) is 31.4 Å². The Balaban J connectivity index is 1.47. The maximum atomic E-state index is 12.9. The standard InChI is InChI=1S/C25H26N6O3/c1-16-5-4-6-19(13-16)27-23(32)18-8-7-17(2)21(14-18)34-24-20-15-26-30(3)22(20)28-25(29-24)31-9-11-33-12-10-31/h4-8,13-15H,9-12H2,1-3H3,(H,27,32). The predicted molar refractivity (Wildman–Crippen MR) is 130 cm³/mol. The smallest absolute Gasteiger partial charge is 0.255 e. The molecule has 174 valence electrons. The number of fused-ring (bicyclic) bond motifs is 1. The first kappa shape index (κ1) is 21.8. The van der Waals surface area contributed by atoms with E-state index in [0.717, 1.165) is 16.8 Å². The third kappa shape index (κ3) is 4.42. The second-order valence-corrected chi connectivity index (χ2v) is 8.34. The van der Waals surface area contributed by atoms with E-state index in [-0.39, 0.29) is 5.91 Å². The lowest BCUT2D eigenvalue weighted by Gasteiger charge is -2.27. The Bertz CT molecular complexity index is 1360. The van der Waals surface area contributed by atoms with Crippen molar-refractivity contribution >= 4 is 28.6 Å². The first-order chi connectivity index (χ1) is 16.5. The van der Waals surface area contributed by atoms with Gasteiger partial charge in [-0.15, -0.1) is 0 Å². The van der Waals surface area contributed by atoms with Crippen molar-refractivity contribution in [2.24, 2.45) is 7.05 Å². The molecular formula is C25H26N6O3. The summed E-state index contributed by atoms with van der Waals surface area (Å²) in [7, 11) is 1.84. The van der Waals surface area contributed by atoms with Gasteiger partial charge in [0.1, 0.15) is 11.1 Å². The number of hydrogen-bond donors (Lipinski definition) is 1. The lowest BCUT2D eigenvalue weighted by Crippen LogP contribution is -2.37. The monoisotopic (exact) mass is 458 g/mol. The van der Waals surface area contributed by atoms with Crippen molar-refractivity contribution in [3.8, 4) is 11.6 Å². The molecule has 0 spiro atoms. The van der Waals surface area contributed by atoms with E-state index in [1.54, 1.807) is 23.0 Å². The molecule has 2 aromatic carbocycles. The van der Waals surface area contributed by atoms with Crippen LogP contribution in [0.15, 0.2) is 48.7 Å². The quantitative estimate of drug-likeness (QED) is 0.485.